The molecule has 4 heteroatoms. The lowest BCUT2D eigenvalue weighted by atomic mass is 10.1. The van der Waals surface area contributed by atoms with Crippen LogP contribution >= 0.6 is 0 Å². The molecule has 0 radical (unpaired) electrons. The molecule has 1 aromatic heterocycles. The SMILES string of the molecule is COc1ccc(-c2ncc(C(C)N)c(C)n2)cc1C. The van der Waals surface area contributed by atoms with Gasteiger partial charge in [0.2, 0.25) is 0 Å². The highest BCUT2D eigenvalue weighted by atomic mass is 16.5. The summed E-state index contributed by atoms with van der Waals surface area (Å²) in [6, 6.07) is 5.88. The largest absolute Gasteiger partial charge is 0.496 e. The van der Waals surface area contributed by atoms with E-state index in [4.69, 9.17) is 10.5 Å². The Labute approximate surface area is 113 Å². The highest BCUT2D eigenvalue weighted by Crippen LogP contribution is 2.24. The van der Waals surface area contributed by atoms with Gasteiger partial charge in [0.05, 0.1) is 7.11 Å². The third-order valence-corrected chi connectivity index (χ3v) is 3.16. The van der Waals surface area contributed by atoms with Crippen LogP contribution in [0.4, 0.5) is 0 Å². The maximum Gasteiger partial charge on any atom is 0.159 e. The lowest BCUT2D eigenvalue weighted by Gasteiger charge is -2.11. The van der Waals surface area contributed by atoms with E-state index in [1.807, 2.05) is 45.2 Å². The van der Waals surface area contributed by atoms with Crippen LogP contribution in [0, 0.1) is 13.8 Å². The molecule has 1 heterocycles. The van der Waals surface area contributed by atoms with E-state index in [0.29, 0.717) is 5.82 Å². The third-order valence-electron chi connectivity index (χ3n) is 3.16. The molecule has 19 heavy (non-hydrogen) atoms. The number of methoxy groups -OCH3 is 1. The summed E-state index contributed by atoms with van der Waals surface area (Å²) >= 11 is 0. The molecule has 0 saturated carbocycles. The van der Waals surface area contributed by atoms with E-state index in [9.17, 15) is 0 Å². The number of hydrogen-bond acceptors (Lipinski definition) is 4. The van der Waals surface area contributed by atoms with Crippen molar-refractivity contribution in [2.45, 2.75) is 26.8 Å². The van der Waals surface area contributed by atoms with E-state index in [2.05, 4.69) is 9.97 Å². The Morgan fingerprint density at radius 3 is 2.53 bits per heavy atom. The molecule has 0 saturated heterocycles. The number of aromatic nitrogens is 2. The van der Waals surface area contributed by atoms with E-state index in [1.165, 1.54) is 0 Å². The predicted octanol–water partition coefficient (Wildman–Crippen LogP) is 2.79. The number of nitrogens with zero attached hydrogens (tertiary/aromatic N) is 2. The number of rotatable bonds is 3. The van der Waals surface area contributed by atoms with E-state index in [0.717, 1.165) is 28.1 Å². The van der Waals surface area contributed by atoms with E-state index >= 15 is 0 Å². The van der Waals surface area contributed by atoms with Crippen LogP contribution in [0.5, 0.6) is 5.75 Å². The van der Waals surface area contributed by atoms with Crippen molar-refractivity contribution in [2.75, 3.05) is 7.11 Å². The average molecular weight is 257 g/mol. The van der Waals surface area contributed by atoms with Crippen LogP contribution in [0.15, 0.2) is 24.4 Å². The molecule has 1 unspecified atom stereocenters. The summed E-state index contributed by atoms with van der Waals surface area (Å²) in [5.74, 6) is 1.58. The Kier molecular flexibility index (Phi) is 3.81. The fourth-order valence-corrected chi connectivity index (χ4v) is 2.08. The van der Waals surface area contributed by atoms with Crippen molar-refractivity contribution >= 4 is 0 Å². The van der Waals surface area contributed by atoms with E-state index in [-0.39, 0.29) is 6.04 Å². The first-order valence-electron chi connectivity index (χ1n) is 6.27. The second-order valence-electron chi connectivity index (χ2n) is 4.71. The lowest BCUT2D eigenvalue weighted by molar-refractivity contribution is 0.412. The molecule has 0 spiro atoms. The van der Waals surface area contributed by atoms with Crippen LogP contribution in [0.2, 0.25) is 0 Å². The maximum absolute atomic E-state index is 5.87. The minimum atomic E-state index is -0.0494. The Balaban J connectivity index is 2.42. The van der Waals surface area contributed by atoms with E-state index < -0.39 is 0 Å². The molecule has 4 nitrogen and oxygen atoms in total. The normalized spacial score (nSPS) is 12.3. The van der Waals surface area contributed by atoms with Gasteiger partial charge < -0.3 is 10.5 Å². The number of nitrogens with two attached hydrogens (primary N) is 1. The summed E-state index contributed by atoms with van der Waals surface area (Å²) in [5.41, 5.74) is 9.82. The molecule has 1 atom stereocenters. The van der Waals surface area contributed by atoms with Gasteiger partial charge in [0.1, 0.15) is 5.75 Å². The first-order valence-corrected chi connectivity index (χ1v) is 6.27. The molecule has 2 N–H and O–H groups in total. The van der Waals surface area contributed by atoms with Crippen LogP contribution in [-0.2, 0) is 0 Å². The predicted molar refractivity (Wildman–Crippen MR) is 76.1 cm³/mol. The summed E-state index contributed by atoms with van der Waals surface area (Å²) in [7, 11) is 1.67. The zero-order valence-electron chi connectivity index (χ0n) is 11.8. The quantitative estimate of drug-likeness (QED) is 0.918. The average Bonchev–Trinajstić information content (AvgIpc) is 2.38. The summed E-state index contributed by atoms with van der Waals surface area (Å²) in [6.45, 7) is 5.90. The molecule has 0 aliphatic rings. The van der Waals surface area contributed by atoms with Gasteiger partial charge in [-0.05, 0) is 44.5 Å². The minimum Gasteiger partial charge on any atom is -0.496 e. The van der Waals surface area contributed by atoms with Gasteiger partial charge in [-0.1, -0.05) is 0 Å². The molecule has 0 amide bonds. The summed E-state index contributed by atoms with van der Waals surface area (Å²) < 4.78 is 5.25. The molecule has 2 aromatic rings. The van der Waals surface area contributed by atoms with Crippen LogP contribution in [0.25, 0.3) is 11.4 Å². The van der Waals surface area contributed by atoms with Crippen molar-refractivity contribution in [3.8, 4) is 17.1 Å². The standard InChI is InChI=1S/C15H19N3O/c1-9-7-12(5-6-14(9)19-4)15-17-8-13(10(2)16)11(3)18-15/h5-8,10H,16H2,1-4H3. The molecule has 0 bridgehead atoms. The van der Waals surface area contributed by atoms with Crippen molar-refractivity contribution in [1.29, 1.82) is 0 Å². The zero-order valence-corrected chi connectivity index (χ0v) is 11.8. The highest BCUT2D eigenvalue weighted by molar-refractivity contribution is 5.58. The van der Waals surface area contributed by atoms with Gasteiger partial charge in [0, 0.05) is 29.1 Å². The first-order chi connectivity index (χ1) is 9.02. The summed E-state index contributed by atoms with van der Waals surface area (Å²) in [5, 5.41) is 0. The van der Waals surface area contributed by atoms with Gasteiger partial charge in [0.25, 0.3) is 0 Å². The minimum absolute atomic E-state index is 0.0494. The second-order valence-corrected chi connectivity index (χ2v) is 4.71. The van der Waals surface area contributed by atoms with Gasteiger partial charge in [-0.2, -0.15) is 0 Å². The van der Waals surface area contributed by atoms with Crippen molar-refractivity contribution in [2.24, 2.45) is 5.73 Å². The first kappa shape index (κ1) is 13.5. The Bertz CT molecular complexity index is 594. The number of aryl methyl sites for hydroxylation is 2. The Morgan fingerprint density at radius 2 is 2.00 bits per heavy atom. The fourth-order valence-electron chi connectivity index (χ4n) is 2.08. The maximum atomic E-state index is 5.87. The van der Waals surface area contributed by atoms with Gasteiger partial charge in [0.15, 0.2) is 5.82 Å². The van der Waals surface area contributed by atoms with Crippen LogP contribution in [0.3, 0.4) is 0 Å². The Hall–Kier alpha value is -1.94. The second kappa shape index (κ2) is 5.36. The molecule has 100 valence electrons. The fraction of sp³-hybridized carbons (Fsp3) is 0.333. The molecular formula is C15H19N3O. The molecular weight excluding hydrogens is 238 g/mol. The smallest absolute Gasteiger partial charge is 0.159 e. The molecule has 0 aliphatic heterocycles. The van der Waals surface area contributed by atoms with Crippen molar-refractivity contribution < 1.29 is 4.74 Å². The summed E-state index contributed by atoms with van der Waals surface area (Å²) in [6.07, 6.45) is 1.81. The number of ether oxygens (including phenoxy) is 1. The van der Waals surface area contributed by atoms with Crippen molar-refractivity contribution in [1.82, 2.24) is 9.97 Å². The van der Waals surface area contributed by atoms with Gasteiger partial charge in [-0.15, -0.1) is 0 Å². The third kappa shape index (κ3) is 2.74. The van der Waals surface area contributed by atoms with Crippen molar-refractivity contribution in [3.05, 3.63) is 41.2 Å². The monoisotopic (exact) mass is 257 g/mol. The lowest BCUT2D eigenvalue weighted by Crippen LogP contribution is -2.09. The topological polar surface area (TPSA) is 61.0 Å². The van der Waals surface area contributed by atoms with Crippen LogP contribution < -0.4 is 10.5 Å². The van der Waals surface area contributed by atoms with Crippen molar-refractivity contribution in [3.63, 3.8) is 0 Å². The molecule has 0 fully saturated rings. The van der Waals surface area contributed by atoms with Crippen LogP contribution in [-0.4, -0.2) is 17.1 Å². The Morgan fingerprint density at radius 1 is 1.26 bits per heavy atom. The van der Waals surface area contributed by atoms with Gasteiger partial charge in [-0.3, -0.25) is 0 Å². The summed E-state index contributed by atoms with van der Waals surface area (Å²) in [4.78, 5) is 8.93. The van der Waals surface area contributed by atoms with Gasteiger partial charge >= 0.3 is 0 Å². The number of benzene rings is 1. The molecule has 2 rings (SSSR count). The van der Waals surface area contributed by atoms with Crippen LogP contribution in [0.1, 0.15) is 29.8 Å². The number of hydrogen-bond donors (Lipinski definition) is 1. The zero-order chi connectivity index (χ0) is 14.0. The highest BCUT2D eigenvalue weighted by Gasteiger charge is 2.09. The van der Waals surface area contributed by atoms with Gasteiger partial charge in [-0.25, -0.2) is 9.97 Å². The molecule has 0 aliphatic carbocycles. The van der Waals surface area contributed by atoms with E-state index in [1.54, 1.807) is 7.11 Å². The molecule has 1 aromatic carbocycles.